The molecular formula is C16H22F3NS. The summed E-state index contributed by atoms with van der Waals surface area (Å²) in [5.74, 6) is 0. The number of hydrogen-bond donors (Lipinski definition) is 1. The van der Waals surface area contributed by atoms with Crippen LogP contribution in [0.25, 0.3) is 0 Å². The van der Waals surface area contributed by atoms with Crippen molar-refractivity contribution >= 4 is 11.8 Å². The third kappa shape index (κ3) is 4.65. The Morgan fingerprint density at radius 1 is 1.29 bits per heavy atom. The molecule has 1 fully saturated rings. The number of thioether (sulfide) groups is 1. The van der Waals surface area contributed by atoms with E-state index < -0.39 is 11.7 Å². The summed E-state index contributed by atoms with van der Waals surface area (Å²) in [5.41, 5.74) is 0.135. The van der Waals surface area contributed by atoms with E-state index in [0.29, 0.717) is 16.9 Å². The van der Waals surface area contributed by atoms with Crippen molar-refractivity contribution in [1.29, 1.82) is 0 Å². The maximum absolute atomic E-state index is 12.8. The van der Waals surface area contributed by atoms with Crippen molar-refractivity contribution in [2.75, 3.05) is 6.26 Å². The fraction of sp³-hybridized carbons (Fsp3) is 0.625. The molecule has 5 heteroatoms. The zero-order valence-electron chi connectivity index (χ0n) is 12.4. The molecule has 0 aliphatic heterocycles. The quantitative estimate of drug-likeness (QED) is 0.836. The molecule has 0 radical (unpaired) electrons. The van der Waals surface area contributed by atoms with Gasteiger partial charge < -0.3 is 5.32 Å². The number of benzene rings is 1. The van der Waals surface area contributed by atoms with Crippen molar-refractivity contribution in [1.82, 2.24) is 5.32 Å². The van der Waals surface area contributed by atoms with Gasteiger partial charge >= 0.3 is 6.18 Å². The summed E-state index contributed by atoms with van der Waals surface area (Å²) in [5, 5.41) is 4.17. The molecule has 3 atom stereocenters. The molecule has 1 nitrogen and oxygen atoms in total. The van der Waals surface area contributed by atoms with E-state index in [2.05, 4.69) is 11.6 Å². The Morgan fingerprint density at radius 3 is 2.71 bits per heavy atom. The van der Waals surface area contributed by atoms with Crippen LogP contribution in [0.3, 0.4) is 0 Å². The maximum atomic E-state index is 12.8. The number of rotatable bonds is 4. The third-order valence-electron chi connectivity index (χ3n) is 4.16. The van der Waals surface area contributed by atoms with Gasteiger partial charge in [-0.2, -0.15) is 24.9 Å². The summed E-state index contributed by atoms with van der Waals surface area (Å²) in [6.07, 6.45) is 2.51. The van der Waals surface area contributed by atoms with Crippen LogP contribution in [0, 0.1) is 0 Å². The highest BCUT2D eigenvalue weighted by Crippen LogP contribution is 2.32. The summed E-state index contributed by atoms with van der Waals surface area (Å²) < 4.78 is 38.3. The monoisotopic (exact) mass is 317 g/mol. The molecule has 118 valence electrons. The molecule has 1 N–H and O–H groups in total. The van der Waals surface area contributed by atoms with E-state index >= 15 is 0 Å². The van der Waals surface area contributed by atoms with Crippen molar-refractivity contribution in [2.45, 2.75) is 56.1 Å². The molecule has 1 aliphatic rings. The Hall–Kier alpha value is -0.680. The van der Waals surface area contributed by atoms with Gasteiger partial charge in [-0.1, -0.05) is 18.6 Å². The van der Waals surface area contributed by atoms with Crippen molar-refractivity contribution in [2.24, 2.45) is 0 Å². The van der Waals surface area contributed by atoms with Crippen LogP contribution in [-0.4, -0.2) is 17.5 Å². The minimum atomic E-state index is -4.27. The number of alkyl halides is 3. The first-order valence-electron chi connectivity index (χ1n) is 7.36. The fourth-order valence-corrected chi connectivity index (χ4v) is 3.77. The lowest BCUT2D eigenvalue weighted by molar-refractivity contribution is -0.137. The van der Waals surface area contributed by atoms with Gasteiger partial charge in [-0.25, -0.2) is 0 Å². The Bertz CT molecular complexity index is 461. The van der Waals surface area contributed by atoms with E-state index in [9.17, 15) is 13.2 Å². The first-order valence-corrected chi connectivity index (χ1v) is 8.65. The molecule has 1 saturated carbocycles. The molecule has 0 aromatic heterocycles. The Balaban J connectivity index is 2.01. The predicted molar refractivity (Wildman–Crippen MR) is 82.6 cm³/mol. The minimum absolute atomic E-state index is 0.0575. The summed E-state index contributed by atoms with van der Waals surface area (Å²) in [4.78, 5) is 0. The Morgan fingerprint density at radius 2 is 2.05 bits per heavy atom. The van der Waals surface area contributed by atoms with Crippen molar-refractivity contribution in [3.05, 3.63) is 35.4 Å². The van der Waals surface area contributed by atoms with Gasteiger partial charge in [0.25, 0.3) is 0 Å². The molecule has 1 aromatic carbocycles. The van der Waals surface area contributed by atoms with Gasteiger partial charge in [-0.05, 0) is 50.1 Å². The van der Waals surface area contributed by atoms with E-state index in [1.165, 1.54) is 25.0 Å². The highest BCUT2D eigenvalue weighted by molar-refractivity contribution is 7.99. The van der Waals surface area contributed by atoms with Crippen LogP contribution >= 0.6 is 11.8 Å². The highest BCUT2D eigenvalue weighted by atomic mass is 32.2. The Kier molecular flexibility index (Phi) is 5.60. The second kappa shape index (κ2) is 7.05. The standard InChI is InChI=1S/C16H22F3NS/c1-11(20-14-7-4-8-15(10-14)21-2)12-5-3-6-13(9-12)16(17,18)19/h3,5-6,9,11,14-15,20H,4,7-8,10H2,1-2H3. The zero-order valence-corrected chi connectivity index (χ0v) is 13.2. The lowest BCUT2D eigenvalue weighted by atomic mass is 9.93. The van der Waals surface area contributed by atoms with Gasteiger partial charge in [-0.3, -0.25) is 0 Å². The minimum Gasteiger partial charge on any atom is -0.307 e. The van der Waals surface area contributed by atoms with Crippen LogP contribution in [0.2, 0.25) is 0 Å². The molecule has 1 aromatic rings. The smallest absolute Gasteiger partial charge is 0.307 e. The van der Waals surface area contributed by atoms with E-state index in [-0.39, 0.29) is 6.04 Å². The second-order valence-electron chi connectivity index (χ2n) is 5.73. The number of hydrogen-bond acceptors (Lipinski definition) is 2. The van der Waals surface area contributed by atoms with Crippen molar-refractivity contribution in [3.8, 4) is 0 Å². The molecule has 2 rings (SSSR count). The molecule has 0 saturated heterocycles. The van der Waals surface area contributed by atoms with Crippen LogP contribution in [-0.2, 0) is 6.18 Å². The molecule has 0 spiro atoms. The van der Waals surface area contributed by atoms with E-state index in [0.717, 1.165) is 18.9 Å². The Labute approximate surface area is 128 Å². The normalized spacial score (nSPS) is 24.8. The zero-order chi connectivity index (χ0) is 15.5. The first-order chi connectivity index (χ1) is 9.90. The summed E-state index contributed by atoms with van der Waals surface area (Å²) in [7, 11) is 0. The van der Waals surface area contributed by atoms with Crippen LogP contribution in [0.5, 0.6) is 0 Å². The summed E-state index contributed by atoms with van der Waals surface area (Å²) >= 11 is 1.89. The van der Waals surface area contributed by atoms with Gasteiger partial charge in [0.15, 0.2) is 0 Å². The molecular weight excluding hydrogens is 295 g/mol. The maximum Gasteiger partial charge on any atom is 0.416 e. The van der Waals surface area contributed by atoms with Gasteiger partial charge in [0.2, 0.25) is 0 Å². The second-order valence-corrected chi connectivity index (χ2v) is 6.87. The van der Waals surface area contributed by atoms with Crippen LogP contribution in [0.4, 0.5) is 13.2 Å². The topological polar surface area (TPSA) is 12.0 Å². The lowest BCUT2D eigenvalue weighted by Gasteiger charge is -2.31. The van der Waals surface area contributed by atoms with Gasteiger partial charge in [0.1, 0.15) is 0 Å². The van der Waals surface area contributed by atoms with Gasteiger partial charge in [-0.15, -0.1) is 0 Å². The third-order valence-corrected chi connectivity index (χ3v) is 5.25. The number of halogens is 3. The van der Waals surface area contributed by atoms with Crippen molar-refractivity contribution in [3.63, 3.8) is 0 Å². The van der Waals surface area contributed by atoms with Gasteiger partial charge in [0.05, 0.1) is 5.56 Å². The first kappa shape index (κ1) is 16.7. The largest absolute Gasteiger partial charge is 0.416 e. The summed E-state index contributed by atoms with van der Waals surface area (Å²) in [6, 6.07) is 5.98. The molecule has 0 bridgehead atoms. The van der Waals surface area contributed by atoms with Gasteiger partial charge in [0, 0.05) is 17.3 Å². The highest BCUT2D eigenvalue weighted by Gasteiger charge is 2.31. The van der Waals surface area contributed by atoms with E-state index in [4.69, 9.17) is 0 Å². The predicted octanol–water partition coefficient (Wildman–Crippen LogP) is 5.03. The molecule has 0 heterocycles. The van der Waals surface area contributed by atoms with Crippen LogP contribution in [0.15, 0.2) is 24.3 Å². The average Bonchev–Trinajstić information content (AvgIpc) is 2.46. The molecule has 21 heavy (non-hydrogen) atoms. The molecule has 3 unspecified atom stereocenters. The van der Waals surface area contributed by atoms with Crippen molar-refractivity contribution < 1.29 is 13.2 Å². The van der Waals surface area contributed by atoms with Crippen LogP contribution in [0.1, 0.15) is 49.8 Å². The van der Waals surface area contributed by atoms with Crippen LogP contribution < -0.4 is 5.32 Å². The SMILES string of the molecule is CSC1CCCC(NC(C)c2cccc(C(F)(F)F)c2)C1. The average molecular weight is 317 g/mol. The fourth-order valence-electron chi connectivity index (χ4n) is 2.94. The van der Waals surface area contributed by atoms with E-state index in [1.54, 1.807) is 6.07 Å². The lowest BCUT2D eigenvalue weighted by Crippen LogP contribution is -2.36. The molecule has 0 amide bonds. The summed E-state index contributed by atoms with van der Waals surface area (Å²) in [6.45, 7) is 1.94. The van der Waals surface area contributed by atoms with E-state index in [1.807, 2.05) is 18.7 Å². The number of nitrogens with one attached hydrogen (secondary N) is 1. The molecule has 1 aliphatic carbocycles.